The minimum absolute atomic E-state index is 0.135. The molecule has 23 heavy (non-hydrogen) atoms. The van der Waals surface area contributed by atoms with E-state index in [1.54, 1.807) is 0 Å². The molecule has 0 aliphatic heterocycles. The Morgan fingerprint density at radius 2 is 1.83 bits per heavy atom. The number of hydrogen-bond donors (Lipinski definition) is 2. The second-order valence-electron chi connectivity index (χ2n) is 10.1. The number of hydrogen-bond acceptors (Lipinski definition) is 2. The molecule has 4 aliphatic rings. The lowest BCUT2D eigenvalue weighted by atomic mass is 9.45. The van der Waals surface area contributed by atoms with E-state index in [0.717, 1.165) is 25.2 Å². The Labute approximate surface area is 149 Å². The van der Waals surface area contributed by atoms with Crippen LogP contribution in [0.3, 0.4) is 0 Å². The summed E-state index contributed by atoms with van der Waals surface area (Å²) in [7, 11) is 0. The summed E-state index contributed by atoms with van der Waals surface area (Å²) in [6.45, 7) is 9.22. The van der Waals surface area contributed by atoms with Crippen molar-refractivity contribution in [2.24, 2.45) is 40.4 Å². The maximum Gasteiger partial charge on any atom is 0.0656 e. The molecule has 0 aromatic rings. The van der Waals surface area contributed by atoms with E-state index in [0.29, 0.717) is 28.5 Å². The van der Waals surface area contributed by atoms with Gasteiger partial charge in [-0.3, -0.25) is 0 Å². The zero-order valence-corrected chi connectivity index (χ0v) is 16.6. The molecule has 2 nitrogen and oxygen atoms in total. The van der Waals surface area contributed by atoms with Crippen LogP contribution in [0.2, 0.25) is 0 Å². The van der Waals surface area contributed by atoms with Gasteiger partial charge in [0.1, 0.15) is 0 Å². The van der Waals surface area contributed by atoms with E-state index < -0.39 is 5.60 Å². The molecule has 4 fully saturated rings. The van der Waals surface area contributed by atoms with Crippen LogP contribution < -0.4 is 0 Å². The Morgan fingerprint density at radius 1 is 1.13 bits per heavy atom. The van der Waals surface area contributed by atoms with E-state index in [-0.39, 0.29) is 16.9 Å². The average Bonchev–Trinajstić information content (AvgIpc) is 2.92. The zero-order chi connectivity index (χ0) is 16.8. The van der Waals surface area contributed by atoms with Crippen molar-refractivity contribution in [1.29, 1.82) is 0 Å². The standard InChI is InChI=1S/C20H33BrO2/c1-11(2)13-9-12-14(22)10-20(13)8-7-18(3)15(21)5-6-19(4,23)17(18)16(12)20/h11-17,22-23H,5-10H2,1-4H3/t12?,13?,14?,15-,16-,17-,18+,19+,20-/m0/s1. The molecule has 3 unspecified atom stereocenters. The summed E-state index contributed by atoms with van der Waals surface area (Å²) in [5.41, 5.74) is -0.121. The summed E-state index contributed by atoms with van der Waals surface area (Å²) < 4.78 is 0. The highest BCUT2D eigenvalue weighted by Crippen LogP contribution is 2.75. The molecule has 0 aromatic carbocycles. The highest BCUT2D eigenvalue weighted by Gasteiger charge is 2.72. The molecule has 4 saturated carbocycles. The van der Waals surface area contributed by atoms with Crippen LogP contribution in [-0.2, 0) is 0 Å². The molecule has 3 heteroatoms. The molecule has 0 aromatic heterocycles. The van der Waals surface area contributed by atoms with Crippen LogP contribution in [0.25, 0.3) is 0 Å². The van der Waals surface area contributed by atoms with E-state index in [2.05, 4.69) is 43.6 Å². The topological polar surface area (TPSA) is 40.5 Å². The minimum atomic E-state index is -0.580. The van der Waals surface area contributed by atoms with Crippen molar-refractivity contribution in [3.63, 3.8) is 0 Å². The first kappa shape index (κ1) is 16.8. The van der Waals surface area contributed by atoms with Gasteiger partial charge < -0.3 is 10.2 Å². The molecule has 0 amide bonds. The fourth-order valence-corrected chi connectivity index (χ4v) is 8.71. The maximum atomic E-state index is 11.4. The fourth-order valence-electron chi connectivity index (χ4n) is 7.96. The van der Waals surface area contributed by atoms with Crippen LogP contribution >= 0.6 is 15.9 Å². The van der Waals surface area contributed by atoms with Crippen molar-refractivity contribution in [2.75, 3.05) is 0 Å². The Kier molecular flexibility index (Phi) is 3.65. The highest BCUT2D eigenvalue weighted by molar-refractivity contribution is 9.09. The van der Waals surface area contributed by atoms with Crippen LogP contribution in [0.5, 0.6) is 0 Å². The van der Waals surface area contributed by atoms with E-state index >= 15 is 0 Å². The molecule has 2 N–H and O–H groups in total. The quantitative estimate of drug-likeness (QED) is 0.658. The lowest BCUT2D eigenvalue weighted by Gasteiger charge is -2.62. The molecule has 0 heterocycles. The van der Waals surface area contributed by atoms with Crippen molar-refractivity contribution in [3.8, 4) is 0 Å². The van der Waals surface area contributed by atoms with Crippen molar-refractivity contribution >= 4 is 15.9 Å². The number of alkyl halides is 1. The molecular weight excluding hydrogens is 352 g/mol. The normalized spacial score (nSPS) is 61.6. The largest absolute Gasteiger partial charge is 0.393 e. The summed E-state index contributed by atoms with van der Waals surface area (Å²) in [6, 6.07) is 0. The zero-order valence-electron chi connectivity index (χ0n) is 15.1. The number of aliphatic hydroxyl groups excluding tert-OH is 1. The minimum Gasteiger partial charge on any atom is -0.393 e. The van der Waals surface area contributed by atoms with Crippen LogP contribution in [0.1, 0.15) is 66.2 Å². The van der Waals surface area contributed by atoms with Crippen molar-refractivity contribution < 1.29 is 10.2 Å². The van der Waals surface area contributed by atoms with Gasteiger partial charge in [0.2, 0.25) is 0 Å². The van der Waals surface area contributed by atoms with Gasteiger partial charge in [-0.2, -0.15) is 0 Å². The third kappa shape index (κ3) is 1.99. The Morgan fingerprint density at radius 3 is 2.48 bits per heavy atom. The summed E-state index contributed by atoms with van der Waals surface area (Å²) in [5, 5.41) is 22.1. The monoisotopic (exact) mass is 384 g/mol. The molecule has 0 saturated heterocycles. The first-order valence-corrected chi connectivity index (χ1v) is 10.6. The second kappa shape index (κ2) is 4.98. The molecule has 9 atom stereocenters. The van der Waals surface area contributed by atoms with Gasteiger partial charge in [0.05, 0.1) is 11.7 Å². The number of halogens is 1. The lowest BCUT2D eigenvalue weighted by molar-refractivity contribution is -0.170. The number of rotatable bonds is 1. The molecule has 0 spiro atoms. The Hall–Kier alpha value is 0.400. The summed E-state index contributed by atoms with van der Waals surface area (Å²) in [4.78, 5) is 0.507. The van der Waals surface area contributed by atoms with E-state index in [9.17, 15) is 10.2 Å². The van der Waals surface area contributed by atoms with Gasteiger partial charge in [0.15, 0.2) is 0 Å². The van der Waals surface area contributed by atoms with Gasteiger partial charge in [0, 0.05) is 4.83 Å². The second-order valence-corrected chi connectivity index (χ2v) is 11.2. The first-order valence-electron chi connectivity index (χ1n) is 9.68. The summed E-state index contributed by atoms with van der Waals surface area (Å²) in [5.74, 6) is 2.67. The maximum absolute atomic E-state index is 11.4. The van der Waals surface area contributed by atoms with Gasteiger partial charge in [-0.25, -0.2) is 0 Å². The average molecular weight is 385 g/mol. The van der Waals surface area contributed by atoms with Crippen LogP contribution in [0.15, 0.2) is 0 Å². The van der Waals surface area contributed by atoms with E-state index in [1.165, 1.54) is 19.3 Å². The fraction of sp³-hybridized carbons (Fsp3) is 1.00. The van der Waals surface area contributed by atoms with Gasteiger partial charge in [-0.05, 0) is 85.9 Å². The Bertz CT molecular complexity index is 504. The third-order valence-corrected chi connectivity index (χ3v) is 10.3. The van der Waals surface area contributed by atoms with Gasteiger partial charge in [-0.15, -0.1) is 0 Å². The van der Waals surface area contributed by atoms with E-state index in [1.807, 2.05) is 0 Å². The SMILES string of the molecule is CC(C)C1CC2C(O)C[C@@]13CC[C@]1(C)[C@@H](Br)CC[C@@](C)(O)[C@H]1[C@H]23. The predicted molar refractivity (Wildman–Crippen MR) is 96.4 cm³/mol. The van der Waals surface area contributed by atoms with Crippen LogP contribution in [0.4, 0.5) is 0 Å². The third-order valence-electron chi connectivity index (χ3n) is 8.77. The summed E-state index contributed by atoms with van der Waals surface area (Å²) >= 11 is 3.98. The van der Waals surface area contributed by atoms with Crippen LogP contribution in [-0.4, -0.2) is 26.7 Å². The summed E-state index contributed by atoms with van der Waals surface area (Å²) in [6.07, 6.45) is 6.44. The van der Waals surface area contributed by atoms with Gasteiger partial charge >= 0.3 is 0 Å². The molecule has 4 aliphatic carbocycles. The first-order chi connectivity index (χ1) is 10.6. The number of fused-ring (bicyclic) bond motifs is 1. The van der Waals surface area contributed by atoms with Crippen LogP contribution in [0, 0.1) is 40.4 Å². The smallest absolute Gasteiger partial charge is 0.0656 e. The van der Waals surface area contributed by atoms with E-state index in [4.69, 9.17) is 0 Å². The lowest BCUT2D eigenvalue weighted by Crippen LogP contribution is -2.61. The van der Waals surface area contributed by atoms with Gasteiger partial charge in [0.25, 0.3) is 0 Å². The predicted octanol–water partition coefficient (Wildman–Crippen LogP) is 4.37. The molecule has 4 rings (SSSR count). The molecular formula is C20H33BrO2. The molecule has 2 bridgehead atoms. The van der Waals surface area contributed by atoms with Crippen molar-refractivity contribution in [3.05, 3.63) is 0 Å². The van der Waals surface area contributed by atoms with Crippen molar-refractivity contribution in [1.82, 2.24) is 0 Å². The highest BCUT2D eigenvalue weighted by atomic mass is 79.9. The van der Waals surface area contributed by atoms with Crippen molar-refractivity contribution in [2.45, 2.75) is 82.8 Å². The molecule has 0 radical (unpaired) electrons. The Balaban J connectivity index is 1.82. The number of aliphatic hydroxyl groups is 2. The van der Waals surface area contributed by atoms with Gasteiger partial charge in [-0.1, -0.05) is 36.7 Å². The molecule has 132 valence electrons.